The largest absolute Gasteiger partial charge is 0.465 e. The van der Waals surface area contributed by atoms with Gasteiger partial charge < -0.3 is 14.2 Å². The zero-order valence-electron chi connectivity index (χ0n) is 15.5. The minimum Gasteiger partial charge on any atom is -0.465 e. The molecule has 0 unspecified atom stereocenters. The molecule has 0 N–H and O–H groups in total. The molecule has 0 aromatic heterocycles. The van der Waals surface area contributed by atoms with Gasteiger partial charge in [0.15, 0.2) is 0 Å². The topological polar surface area (TPSA) is 82.1 Å². The molecule has 0 spiro atoms. The summed E-state index contributed by atoms with van der Waals surface area (Å²) >= 11 is 0. The molecule has 2 heterocycles. The summed E-state index contributed by atoms with van der Waals surface area (Å²) in [6.45, 7) is 9.31. The van der Waals surface area contributed by atoms with E-state index < -0.39 is 29.6 Å². The molecular formula is C18H27NO6. The van der Waals surface area contributed by atoms with Gasteiger partial charge in [-0.15, -0.1) is 0 Å². The van der Waals surface area contributed by atoms with E-state index in [1.807, 2.05) is 0 Å². The van der Waals surface area contributed by atoms with Crippen molar-refractivity contribution in [2.24, 2.45) is 5.92 Å². The van der Waals surface area contributed by atoms with E-state index >= 15 is 0 Å². The number of hydrogen-bond donors (Lipinski definition) is 0. The molecule has 2 fully saturated rings. The van der Waals surface area contributed by atoms with E-state index in [1.54, 1.807) is 39.5 Å². The highest BCUT2D eigenvalue weighted by molar-refractivity contribution is 5.88. The van der Waals surface area contributed by atoms with Gasteiger partial charge in [0.1, 0.15) is 11.5 Å². The number of carbonyl (C=O) groups excluding carboxylic acids is 3. The number of carbonyl (C=O) groups is 3. The van der Waals surface area contributed by atoms with E-state index in [0.717, 1.165) is 0 Å². The molecule has 25 heavy (non-hydrogen) atoms. The van der Waals surface area contributed by atoms with Crippen LogP contribution in [0, 0.1) is 5.92 Å². The van der Waals surface area contributed by atoms with Crippen LogP contribution in [0.4, 0.5) is 4.79 Å². The van der Waals surface area contributed by atoms with Crippen LogP contribution in [0.1, 0.15) is 47.5 Å². The predicted molar refractivity (Wildman–Crippen MR) is 89.7 cm³/mol. The molecule has 2 bridgehead atoms. The van der Waals surface area contributed by atoms with E-state index in [9.17, 15) is 14.4 Å². The van der Waals surface area contributed by atoms with Crippen LogP contribution in [-0.4, -0.2) is 53.8 Å². The second kappa shape index (κ2) is 7.45. The molecule has 1 amide bonds. The van der Waals surface area contributed by atoms with Gasteiger partial charge in [0, 0.05) is 6.08 Å². The molecule has 2 aliphatic heterocycles. The van der Waals surface area contributed by atoms with Crippen molar-refractivity contribution in [1.82, 2.24) is 4.90 Å². The molecule has 0 saturated carbocycles. The van der Waals surface area contributed by atoms with Gasteiger partial charge >= 0.3 is 18.0 Å². The monoisotopic (exact) mass is 353 g/mol. The third kappa shape index (κ3) is 4.14. The highest BCUT2D eigenvalue weighted by Gasteiger charge is 2.56. The summed E-state index contributed by atoms with van der Waals surface area (Å²) < 4.78 is 15.6. The summed E-state index contributed by atoms with van der Waals surface area (Å²) in [5, 5.41) is 0. The lowest BCUT2D eigenvalue weighted by Gasteiger charge is -2.27. The van der Waals surface area contributed by atoms with Crippen molar-refractivity contribution in [2.45, 2.75) is 65.1 Å². The Balaban J connectivity index is 2.32. The van der Waals surface area contributed by atoms with Crippen molar-refractivity contribution in [2.75, 3.05) is 13.2 Å². The Bertz CT molecular complexity index is 577. The first-order valence-electron chi connectivity index (χ1n) is 8.75. The van der Waals surface area contributed by atoms with Gasteiger partial charge in [0.05, 0.1) is 25.3 Å². The van der Waals surface area contributed by atoms with Crippen LogP contribution in [0.15, 0.2) is 11.6 Å². The van der Waals surface area contributed by atoms with Crippen LogP contribution in [0.3, 0.4) is 0 Å². The first-order valence-corrected chi connectivity index (χ1v) is 8.75. The molecule has 0 aliphatic carbocycles. The fourth-order valence-electron chi connectivity index (χ4n) is 3.53. The molecule has 2 aliphatic rings. The lowest BCUT2D eigenvalue weighted by Crippen LogP contribution is -2.41. The maximum Gasteiger partial charge on any atom is 0.411 e. The Kier molecular flexibility index (Phi) is 5.75. The van der Waals surface area contributed by atoms with Crippen LogP contribution in [-0.2, 0) is 23.8 Å². The normalized spacial score (nSPS) is 26.7. The Morgan fingerprint density at radius 3 is 2.32 bits per heavy atom. The Morgan fingerprint density at radius 1 is 1.12 bits per heavy atom. The van der Waals surface area contributed by atoms with Crippen LogP contribution in [0.5, 0.6) is 0 Å². The zero-order chi connectivity index (χ0) is 18.8. The highest BCUT2D eigenvalue weighted by Crippen LogP contribution is 2.46. The Labute approximate surface area is 148 Å². The minimum atomic E-state index is -0.643. The van der Waals surface area contributed by atoms with Crippen molar-refractivity contribution in [1.29, 1.82) is 0 Å². The molecule has 7 nitrogen and oxygen atoms in total. The number of hydrogen-bond acceptors (Lipinski definition) is 6. The third-order valence-electron chi connectivity index (χ3n) is 4.27. The molecule has 0 radical (unpaired) electrons. The second-order valence-electron chi connectivity index (χ2n) is 7.17. The van der Waals surface area contributed by atoms with Crippen molar-refractivity contribution in [3.05, 3.63) is 11.6 Å². The van der Waals surface area contributed by atoms with Crippen molar-refractivity contribution < 1.29 is 28.6 Å². The Hall–Kier alpha value is -2.05. The van der Waals surface area contributed by atoms with E-state index in [0.29, 0.717) is 18.4 Å². The maximum absolute atomic E-state index is 12.6. The van der Waals surface area contributed by atoms with Crippen molar-refractivity contribution >= 4 is 18.0 Å². The number of esters is 2. The highest BCUT2D eigenvalue weighted by atomic mass is 16.6. The van der Waals surface area contributed by atoms with Gasteiger partial charge in [-0.1, -0.05) is 0 Å². The molecule has 0 aromatic rings. The van der Waals surface area contributed by atoms with Gasteiger partial charge in [0.2, 0.25) is 0 Å². The van der Waals surface area contributed by atoms with Crippen LogP contribution >= 0.6 is 0 Å². The van der Waals surface area contributed by atoms with E-state index in [2.05, 4.69) is 0 Å². The zero-order valence-corrected chi connectivity index (χ0v) is 15.5. The first-order chi connectivity index (χ1) is 11.7. The summed E-state index contributed by atoms with van der Waals surface area (Å²) in [6.07, 6.45) is 2.23. The minimum absolute atomic E-state index is 0.242. The number of amides is 1. The van der Waals surface area contributed by atoms with Gasteiger partial charge in [0.25, 0.3) is 0 Å². The number of rotatable bonds is 4. The van der Waals surface area contributed by atoms with Crippen LogP contribution in [0.2, 0.25) is 0 Å². The fourth-order valence-corrected chi connectivity index (χ4v) is 3.53. The van der Waals surface area contributed by atoms with E-state index in [1.165, 1.54) is 6.08 Å². The molecular weight excluding hydrogens is 326 g/mol. The average molecular weight is 353 g/mol. The van der Waals surface area contributed by atoms with Crippen molar-refractivity contribution in [3.8, 4) is 0 Å². The van der Waals surface area contributed by atoms with Gasteiger partial charge in [-0.25, -0.2) is 9.59 Å². The standard InChI is InChI=1S/C18H27NO6/c1-6-23-14(20)10-11-12-8-9-13(15(11)16(21)24-7-2)19(12)17(22)25-18(3,4)5/h10,12-13,15H,6-9H2,1-5H3/t12-,13+,15+/m0/s1. The molecule has 0 aromatic carbocycles. The average Bonchev–Trinajstić information content (AvgIpc) is 3.01. The van der Waals surface area contributed by atoms with Crippen LogP contribution < -0.4 is 0 Å². The predicted octanol–water partition coefficient (Wildman–Crippen LogP) is 2.44. The fraction of sp³-hybridized carbons (Fsp3) is 0.722. The molecule has 140 valence electrons. The van der Waals surface area contributed by atoms with Crippen molar-refractivity contribution in [3.63, 3.8) is 0 Å². The van der Waals surface area contributed by atoms with Gasteiger partial charge in [-0.2, -0.15) is 0 Å². The second-order valence-corrected chi connectivity index (χ2v) is 7.17. The van der Waals surface area contributed by atoms with E-state index in [-0.39, 0.29) is 25.3 Å². The molecule has 3 atom stereocenters. The van der Waals surface area contributed by atoms with Gasteiger partial charge in [-0.3, -0.25) is 9.69 Å². The lowest BCUT2D eigenvalue weighted by atomic mass is 9.84. The number of fused-ring (bicyclic) bond motifs is 2. The molecule has 7 heteroatoms. The smallest absolute Gasteiger partial charge is 0.411 e. The molecule has 2 rings (SSSR count). The van der Waals surface area contributed by atoms with Gasteiger partial charge in [-0.05, 0) is 53.0 Å². The quantitative estimate of drug-likeness (QED) is 0.439. The third-order valence-corrected chi connectivity index (χ3v) is 4.27. The summed E-state index contributed by atoms with van der Waals surface area (Å²) in [7, 11) is 0. The molecule has 2 saturated heterocycles. The van der Waals surface area contributed by atoms with Crippen LogP contribution in [0.25, 0.3) is 0 Å². The first kappa shape index (κ1) is 19.3. The van der Waals surface area contributed by atoms with E-state index in [4.69, 9.17) is 14.2 Å². The summed E-state index contributed by atoms with van der Waals surface area (Å²) in [5.41, 5.74) is -0.0529. The summed E-state index contributed by atoms with van der Waals surface area (Å²) in [4.78, 5) is 38.6. The summed E-state index contributed by atoms with van der Waals surface area (Å²) in [5.74, 6) is -1.57. The Morgan fingerprint density at radius 2 is 1.76 bits per heavy atom. The SMILES string of the molecule is CCOC(=O)C=C1[C@@H](C(=O)OCC)[C@H]2CC[C@@H]1N2C(=O)OC(C)(C)C. The maximum atomic E-state index is 12.6. The summed E-state index contributed by atoms with van der Waals surface area (Å²) in [6, 6.07) is -0.682. The number of ether oxygens (including phenoxy) is 3. The lowest BCUT2D eigenvalue weighted by molar-refractivity contribution is -0.147. The number of nitrogens with zero attached hydrogens (tertiary/aromatic N) is 1.